The van der Waals surface area contributed by atoms with Crippen LogP contribution in [0.5, 0.6) is 0 Å². The SMILES string of the molecule is Cc1ccc(S(=O)(=O)SCc2ccc(C)c(Cl)c2)cc1. The molecule has 0 atom stereocenters. The van der Waals surface area contributed by atoms with Crippen LogP contribution >= 0.6 is 22.4 Å². The van der Waals surface area contributed by atoms with Crippen molar-refractivity contribution in [2.45, 2.75) is 24.5 Å². The fourth-order valence-electron chi connectivity index (χ4n) is 1.64. The molecule has 0 saturated heterocycles. The molecule has 2 aromatic carbocycles. The van der Waals surface area contributed by atoms with Crippen LogP contribution in [0.4, 0.5) is 0 Å². The molecule has 0 radical (unpaired) electrons. The average Bonchev–Trinajstić information content (AvgIpc) is 2.41. The number of hydrogen-bond acceptors (Lipinski definition) is 3. The first-order chi connectivity index (χ1) is 9.38. The Balaban J connectivity index is 2.13. The predicted octanol–water partition coefficient (Wildman–Crippen LogP) is 4.58. The molecule has 106 valence electrons. The van der Waals surface area contributed by atoms with E-state index in [0.29, 0.717) is 15.7 Å². The maximum Gasteiger partial charge on any atom is 0.230 e. The minimum atomic E-state index is -3.32. The quantitative estimate of drug-likeness (QED) is 0.771. The molecule has 0 bridgehead atoms. The molecule has 2 nitrogen and oxygen atoms in total. The summed E-state index contributed by atoms with van der Waals surface area (Å²) in [4.78, 5) is 0.339. The number of rotatable bonds is 4. The fourth-order valence-corrected chi connectivity index (χ4v) is 4.54. The van der Waals surface area contributed by atoms with E-state index in [2.05, 4.69) is 0 Å². The van der Waals surface area contributed by atoms with Gasteiger partial charge in [-0.3, -0.25) is 0 Å². The molecule has 0 aromatic heterocycles. The summed E-state index contributed by atoms with van der Waals surface area (Å²) in [7, 11) is -2.41. The van der Waals surface area contributed by atoms with Crippen LogP contribution in [-0.2, 0) is 14.6 Å². The topological polar surface area (TPSA) is 34.1 Å². The van der Waals surface area contributed by atoms with Crippen molar-refractivity contribution in [3.63, 3.8) is 0 Å². The van der Waals surface area contributed by atoms with Crippen molar-refractivity contribution in [1.29, 1.82) is 0 Å². The molecule has 20 heavy (non-hydrogen) atoms. The lowest BCUT2D eigenvalue weighted by atomic mass is 10.2. The van der Waals surface area contributed by atoms with Crippen LogP contribution in [0.2, 0.25) is 5.02 Å². The van der Waals surface area contributed by atoms with Crippen molar-refractivity contribution in [3.05, 3.63) is 64.2 Å². The maximum atomic E-state index is 12.2. The molecule has 2 aromatic rings. The van der Waals surface area contributed by atoms with Crippen LogP contribution in [0.15, 0.2) is 47.4 Å². The first kappa shape index (κ1) is 15.4. The molecule has 0 spiro atoms. The van der Waals surface area contributed by atoms with Gasteiger partial charge >= 0.3 is 0 Å². The van der Waals surface area contributed by atoms with E-state index in [1.807, 2.05) is 32.0 Å². The summed E-state index contributed by atoms with van der Waals surface area (Å²) >= 11 is 6.04. The van der Waals surface area contributed by atoms with Gasteiger partial charge in [0, 0.05) is 10.8 Å². The van der Waals surface area contributed by atoms with Crippen molar-refractivity contribution >= 4 is 31.3 Å². The van der Waals surface area contributed by atoms with Gasteiger partial charge in [0.25, 0.3) is 0 Å². The Bertz CT molecular complexity index is 707. The standard InChI is InChI=1S/C15H15ClO2S2/c1-11-3-7-14(8-4-11)20(17,18)19-10-13-6-5-12(2)15(16)9-13/h3-9H,10H2,1-2H3. The van der Waals surface area contributed by atoms with Crippen LogP contribution in [0, 0.1) is 13.8 Å². The lowest BCUT2D eigenvalue weighted by Gasteiger charge is -2.06. The van der Waals surface area contributed by atoms with Crippen molar-refractivity contribution in [2.24, 2.45) is 0 Å². The van der Waals surface area contributed by atoms with Gasteiger partial charge in [-0.2, -0.15) is 0 Å². The van der Waals surface area contributed by atoms with Crippen LogP contribution in [-0.4, -0.2) is 8.42 Å². The molecule has 5 heteroatoms. The Kier molecular flexibility index (Phi) is 4.78. The number of halogens is 1. The Morgan fingerprint density at radius 3 is 2.30 bits per heavy atom. The van der Waals surface area contributed by atoms with Gasteiger partial charge in [0.2, 0.25) is 8.87 Å². The fraction of sp³-hybridized carbons (Fsp3) is 0.200. The van der Waals surface area contributed by atoms with E-state index in [-0.39, 0.29) is 0 Å². The third-order valence-electron chi connectivity index (χ3n) is 2.93. The van der Waals surface area contributed by atoms with Gasteiger partial charge in [0.1, 0.15) is 0 Å². The Hall–Kier alpha value is -0.970. The molecule has 0 unspecified atom stereocenters. The normalized spacial score (nSPS) is 11.6. The molecule has 0 aliphatic heterocycles. The lowest BCUT2D eigenvalue weighted by Crippen LogP contribution is -1.96. The van der Waals surface area contributed by atoms with Gasteiger partial charge in [-0.05, 0) is 54.0 Å². The third-order valence-corrected chi connectivity index (χ3v) is 6.81. The van der Waals surface area contributed by atoms with Crippen LogP contribution in [0.25, 0.3) is 0 Å². The summed E-state index contributed by atoms with van der Waals surface area (Å²) in [6.07, 6.45) is 0. The number of aryl methyl sites for hydroxylation is 2. The number of benzene rings is 2. The monoisotopic (exact) mass is 326 g/mol. The molecule has 0 heterocycles. The summed E-state index contributed by atoms with van der Waals surface area (Å²) in [6.45, 7) is 3.85. The van der Waals surface area contributed by atoms with E-state index >= 15 is 0 Å². The van der Waals surface area contributed by atoms with Crippen molar-refractivity contribution in [2.75, 3.05) is 0 Å². The second-order valence-electron chi connectivity index (χ2n) is 4.61. The zero-order chi connectivity index (χ0) is 14.8. The Labute approximate surface area is 128 Å². The highest BCUT2D eigenvalue weighted by molar-refractivity contribution is 8.71. The van der Waals surface area contributed by atoms with Gasteiger partial charge in [-0.1, -0.05) is 41.4 Å². The van der Waals surface area contributed by atoms with E-state index in [0.717, 1.165) is 27.5 Å². The summed E-state index contributed by atoms with van der Waals surface area (Å²) in [5.41, 5.74) is 2.93. The van der Waals surface area contributed by atoms with E-state index in [9.17, 15) is 8.42 Å². The zero-order valence-corrected chi connectivity index (χ0v) is 13.6. The summed E-state index contributed by atoms with van der Waals surface area (Å²) in [5, 5.41) is 0.663. The van der Waals surface area contributed by atoms with Crippen molar-refractivity contribution in [3.8, 4) is 0 Å². The first-order valence-electron chi connectivity index (χ1n) is 6.09. The average molecular weight is 327 g/mol. The van der Waals surface area contributed by atoms with E-state index in [4.69, 9.17) is 11.6 Å². The maximum absolute atomic E-state index is 12.2. The van der Waals surface area contributed by atoms with Gasteiger partial charge in [-0.25, -0.2) is 8.42 Å². The zero-order valence-electron chi connectivity index (χ0n) is 11.3. The Morgan fingerprint density at radius 2 is 1.70 bits per heavy atom. The van der Waals surface area contributed by atoms with Crippen LogP contribution in [0.1, 0.15) is 16.7 Å². The van der Waals surface area contributed by atoms with Gasteiger partial charge in [0.15, 0.2) is 0 Å². The van der Waals surface area contributed by atoms with E-state index in [1.54, 1.807) is 24.3 Å². The van der Waals surface area contributed by atoms with Crippen LogP contribution < -0.4 is 0 Å². The second-order valence-corrected chi connectivity index (χ2v) is 8.95. The summed E-state index contributed by atoms with van der Waals surface area (Å²) in [5.74, 6) is 0.385. The van der Waals surface area contributed by atoms with Crippen molar-refractivity contribution in [1.82, 2.24) is 0 Å². The first-order valence-corrected chi connectivity index (χ1v) is 9.46. The van der Waals surface area contributed by atoms with Crippen molar-refractivity contribution < 1.29 is 8.42 Å². The highest BCUT2D eigenvalue weighted by Crippen LogP contribution is 2.28. The largest absolute Gasteiger partial charge is 0.230 e. The Morgan fingerprint density at radius 1 is 1.05 bits per heavy atom. The predicted molar refractivity (Wildman–Crippen MR) is 85.8 cm³/mol. The molecular weight excluding hydrogens is 312 g/mol. The molecular formula is C15H15ClO2S2. The second kappa shape index (κ2) is 6.20. The molecule has 0 aliphatic rings. The molecule has 0 amide bonds. The van der Waals surface area contributed by atoms with Crippen LogP contribution in [0.3, 0.4) is 0 Å². The highest BCUT2D eigenvalue weighted by Gasteiger charge is 2.15. The number of hydrogen-bond donors (Lipinski definition) is 0. The summed E-state index contributed by atoms with van der Waals surface area (Å²) < 4.78 is 24.4. The van der Waals surface area contributed by atoms with Gasteiger partial charge < -0.3 is 0 Å². The van der Waals surface area contributed by atoms with E-state index < -0.39 is 8.87 Å². The molecule has 0 N–H and O–H groups in total. The molecule has 2 rings (SSSR count). The summed E-state index contributed by atoms with van der Waals surface area (Å²) in [6, 6.07) is 12.5. The highest BCUT2D eigenvalue weighted by atomic mass is 35.5. The minimum Gasteiger partial charge on any atom is -0.212 e. The van der Waals surface area contributed by atoms with Gasteiger partial charge in [0.05, 0.1) is 4.90 Å². The molecule has 0 saturated carbocycles. The van der Waals surface area contributed by atoms with Gasteiger partial charge in [-0.15, -0.1) is 0 Å². The molecule has 0 aliphatic carbocycles. The smallest absolute Gasteiger partial charge is 0.212 e. The minimum absolute atomic E-state index is 0.339. The van der Waals surface area contributed by atoms with E-state index in [1.165, 1.54) is 0 Å². The lowest BCUT2D eigenvalue weighted by molar-refractivity contribution is 0.610. The molecule has 0 fully saturated rings. The third kappa shape index (κ3) is 3.78.